The van der Waals surface area contributed by atoms with Crippen LogP contribution in [0.4, 0.5) is 13.2 Å². The van der Waals surface area contributed by atoms with E-state index in [1.165, 1.54) is 23.5 Å². The number of morpholine rings is 1. The molecule has 0 amide bonds. The molecule has 11 heteroatoms. The number of benzene rings is 2. The highest BCUT2D eigenvalue weighted by Gasteiger charge is 2.30. The Balaban J connectivity index is 1.51. The summed E-state index contributed by atoms with van der Waals surface area (Å²) in [7, 11) is 0. The second-order valence-corrected chi connectivity index (χ2v) is 11.0. The maximum Gasteiger partial charge on any atom is 0.416 e. The molecule has 1 fully saturated rings. The molecule has 1 aromatic heterocycles. The van der Waals surface area contributed by atoms with Crippen molar-refractivity contribution >= 4 is 29.1 Å². The van der Waals surface area contributed by atoms with Crippen molar-refractivity contribution < 1.29 is 32.2 Å². The highest BCUT2D eigenvalue weighted by molar-refractivity contribution is 7.98. The minimum absolute atomic E-state index is 0.133. The number of thiazole rings is 1. The number of hydrogen-bond donors (Lipinski definition) is 0. The average molecular weight is 581 g/mol. The van der Waals surface area contributed by atoms with Crippen LogP contribution < -0.4 is 4.74 Å². The Morgan fingerprint density at radius 3 is 2.54 bits per heavy atom. The predicted octanol–water partition coefficient (Wildman–Crippen LogP) is 6.46. The van der Waals surface area contributed by atoms with E-state index >= 15 is 0 Å². The Bertz CT molecular complexity index is 1240. The minimum Gasteiger partial charge on any atom is -0.482 e. The molecule has 39 heavy (non-hydrogen) atoms. The SMILES string of the molecule is CCOC(=O)COc1ccc(SCc2sc(-c3ccc(C(F)(F)F)cc3)nc2CN2CCOCC2)cc1CC. The van der Waals surface area contributed by atoms with E-state index in [0.717, 1.165) is 52.7 Å². The summed E-state index contributed by atoms with van der Waals surface area (Å²) in [6.45, 7) is 7.59. The molecule has 0 N–H and O–H groups in total. The molecule has 3 aromatic rings. The lowest BCUT2D eigenvalue weighted by atomic mass is 10.1. The summed E-state index contributed by atoms with van der Waals surface area (Å²) >= 11 is 3.18. The van der Waals surface area contributed by atoms with Gasteiger partial charge in [-0.25, -0.2) is 9.78 Å². The highest BCUT2D eigenvalue weighted by atomic mass is 32.2. The van der Waals surface area contributed by atoms with Gasteiger partial charge in [0, 0.05) is 40.7 Å². The quantitative estimate of drug-likeness (QED) is 0.191. The van der Waals surface area contributed by atoms with Crippen LogP contribution in [0.15, 0.2) is 47.4 Å². The van der Waals surface area contributed by atoms with E-state index in [0.29, 0.717) is 48.4 Å². The van der Waals surface area contributed by atoms with Crippen molar-refractivity contribution in [3.05, 3.63) is 64.2 Å². The van der Waals surface area contributed by atoms with Gasteiger partial charge in [0.25, 0.3) is 0 Å². The summed E-state index contributed by atoms with van der Waals surface area (Å²) in [4.78, 5) is 20.9. The fraction of sp³-hybridized carbons (Fsp3) is 0.429. The number of alkyl halides is 3. The van der Waals surface area contributed by atoms with Crippen molar-refractivity contribution in [3.63, 3.8) is 0 Å². The summed E-state index contributed by atoms with van der Waals surface area (Å²) in [6.07, 6.45) is -3.63. The number of carbonyl (C=O) groups is 1. The third-order valence-corrected chi connectivity index (χ3v) is 8.50. The Hall–Kier alpha value is -2.60. The van der Waals surface area contributed by atoms with E-state index in [9.17, 15) is 18.0 Å². The van der Waals surface area contributed by atoms with Crippen LogP contribution >= 0.6 is 23.1 Å². The number of esters is 1. The number of rotatable bonds is 11. The fourth-order valence-electron chi connectivity index (χ4n) is 4.07. The smallest absolute Gasteiger partial charge is 0.416 e. The fourth-order valence-corrected chi connectivity index (χ4v) is 6.20. The molecule has 0 radical (unpaired) electrons. The zero-order valence-electron chi connectivity index (χ0n) is 21.9. The largest absolute Gasteiger partial charge is 0.482 e. The van der Waals surface area contributed by atoms with Crippen molar-refractivity contribution in [3.8, 4) is 16.3 Å². The molecule has 0 spiro atoms. The van der Waals surface area contributed by atoms with Gasteiger partial charge in [-0.2, -0.15) is 13.2 Å². The molecule has 2 aromatic carbocycles. The van der Waals surface area contributed by atoms with Crippen LogP contribution in [-0.2, 0) is 39.2 Å². The highest BCUT2D eigenvalue weighted by Crippen LogP contribution is 2.36. The first-order valence-corrected chi connectivity index (χ1v) is 14.6. The van der Waals surface area contributed by atoms with Crippen LogP contribution in [0.2, 0.25) is 0 Å². The topological polar surface area (TPSA) is 60.9 Å². The molecule has 0 bridgehead atoms. The number of nitrogens with zero attached hydrogens (tertiary/aromatic N) is 2. The second kappa shape index (κ2) is 13.6. The molecule has 0 atom stereocenters. The second-order valence-electron chi connectivity index (χ2n) is 8.86. The van der Waals surface area contributed by atoms with Crippen molar-refractivity contribution in [1.29, 1.82) is 0 Å². The van der Waals surface area contributed by atoms with E-state index in [4.69, 9.17) is 19.2 Å². The van der Waals surface area contributed by atoms with E-state index < -0.39 is 17.7 Å². The van der Waals surface area contributed by atoms with Crippen LogP contribution in [-0.4, -0.2) is 55.4 Å². The molecular formula is C28H31F3N2O4S2. The average Bonchev–Trinajstić information content (AvgIpc) is 3.33. The Kier molecular flexibility index (Phi) is 10.3. The van der Waals surface area contributed by atoms with Gasteiger partial charge in [-0.05, 0) is 49.2 Å². The van der Waals surface area contributed by atoms with Crippen LogP contribution in [0, 0.1) is 0 Å². The third-order valence-electron chi connectivity index (χ3n) is 6.15. The molecule has 0 unspecified atom stereocenters. The van der Waals surface area contributed by atoms with E-state index in [-0.39, 0.29) is 6.61 Å². The number of ether oxygens (including phenoxy) is 3. The number of aryl methyl sites for hydroxylation is 1. The lowest BCUT2D eigenvalue weighted by Crippen LogP contribution is -2.35. The molecule has 1 aliphatic rings. The van der Waals surface area contributed by atoms with E-state index in [1.807, 2.05) is 19.1 Å². The standard InChI is InChI=1S/C28H31F3N2O4S2/c1-3-19-15-22(9-10-24(19)37-17-26(34)36-4-2)38-18-25-23(16-33-11-13-35-14-12-33)32-27(39-25)20-5-7-21(8-6-20)28(29,30)31/h5-10,15H,3-4,11-14,16-18H2,1-2H3. The summed E-state index contributed by atoms with van der Waals surface area (Å²) in [5.41, 5.74) is 1.93. The van der Waals surface area contributed by atoms with Gasteiger partial charge in [0.05, 0.1) is 31.1 Å². The number of hydrogen-bond acceptors (Lipinski definition) is 8. The molecule has 1 aliphatic heterocycles. The summed E-state index contributed by atoms with van der Waals surface area (Å²) < 4.78 is 55.2. The maximum atomic E-state index is 13.0. The molecular weight excluding hydrogens is 549 g/mol. The minimum atomic E-state index is -4.37. The molecule has 0 saturated carbocycles. The van der Waals surface area contributed by atoms with Gasteiger partial charge in [0.2, 0.25) is 0 Å². The van der Waals surface area contributed by atoms with Gasteiger partial charge in [-0.3, -0.25) is 4.90 Å². The summed E-state index contributed by atoms with van der Waals surface area (Å²) in [5.74, 6) is 0.926. The molecule has 4 rings (SSSR count). The molecule has 0 aliphatic carbocycles. The number of carbonyl (C=O) groups excluding carboxylic acids is 1. The van der Waals surface area contributed by atoms with E-state index in [2.05, 4.69) is 11.0 Å². The monoisotopic (exact) mass is 580 g/mol. The summed E-state index contributed by atoms with van der Waals surface area (Å²) in [5, 5.41) is 0.708. The Labute approximate surface area is 234 Å². The molecule has 2 heterocycles. The van der Waals surface area contributed by atoms with Crippen LogP contribution in [0.3, 0.4) is 0 Å². The normalized spacial score (nSPS) is 14.4. The van der Waals surface area contributed by atoms with Gasteiger partial charge >= 0.3 is 12.1 Å². The first kappa shape index (κ1) is 29.4. The molecule has 210 valence electrons. The van der Waals surface area contributed by atoms with Gasteiger partial charge in [0.1, 0.15) is 10.8 Å². The van der Waals surface area contributed by atoms with Crippen molar-refractivity contribution in [2.45, 2.75) is 43.6 Å². The maximum absolute atomic E-state index is 13.0. The zero-order chi connectivity index (χ0) is 27.8. The van der Waals surface area contributed by atoms with Crippen molar-refractivity contribution in [1.82, 2.24) is 9.88 Å². The predicted molar refractivity (Wildman–Crippen MR) is 146 cm³/mol. The first-order chi connectivity index (χ1) is 18.8. The third kappa shape index (κ3) is 8.20. The van der Waals surface area contributed by atoms with Gasteiger partial charge < -0.3 is 14.2 Å². The Morgan fingerprint density at radius 2 is 1.87 bits per heavy atom. The van der Waals surface area contributed by atoms with Gasteiger partial charge in [-0.15, -0.1) is 23.1 Å². The first-order valence-electron chi connectivity index (χ1n) is 12.8. The number of thioether (sulfide) groups is 1. The number of halogens is 3. The van der Waals surface area contributed by atoms with Crippen molar-refractivity contribution in [2.75, 3.05) is 39.5 Å². The summed E-state index contributed by atoms with van der Waals surface area (Å²) in [6, 6.07) is 11.1. The lowest BCUT2D eigenvalue weighted by Gasteiger charge is -2.26. The van der Waals surface area contributed by atoms with Gasteiger partial charge in [-0.1, -0.05) is 19.1 Å². The van der Waals surface area contributed by atoms with Crippen LogP contribution in [0.5, 0.6) is 5.75 Å². The van der Waals surface area contributed by atoms with E-state index in [1.54, 1.807) is 18.7 Å². The van der Waals surface area contributed by atoms with Crippen LogP contribution in [0.1, 0.15) is 35.5 Å². The van der Waals surface area contributed by atoms with Crippen LogP contribution in [0.25, 0.3) is 10.6 Å². The number of aromatic nitrogens is 1. The van der Waals surface area contributed by atoms with Crippen molar-refractivity contribution in [2.24, 2.45) is 0 Å². The van der Waals surface area contributed by atoms with Gasteiger partial charge in [0.15, 0.2) is 6.61 Å². The molecule has 1 saturated heterocycles. The Morgan fingerprint density at radius 1 is 1.13 bits per heavy atom. The lowest BCUT2D eigenvalue weighted by molar-refractivity contribution is -0.145. The molecule has 6 nitrogen and oxygen atoms in total. The zero-order valence-corrected chi connectivity index (χ0v) is 23.5.